The maximum Gasteiger partial charge on any atom is 0.345 e. The summed E-state index contributed by atoms with van der Waals surface area (Å²) in [5.41, 5.74) is 3.99. The lowest BCUT2D eigenvalue weighted by Gasteiger charge is -2.35. The third kappa shape index (κ3) is 11.3. The summed E-state index contributed by atoms with van der Waals surface area (Å²) in [6.07, 6.45) is 7.79. The number of alkyl halides is 1. The summed E-state index contributed by atoms with van der Waals surface area (Å²) < 4.78 is 59.2. The molecule has 4 aliphatic heterocycles. The number of thiophene rings is 1. The molecule has 4 bridgehead atoms. The van der Waals surface area contributed by atoms with Gasteiger partial charge in [0.1, 0.15) is 59.6 Å². The largest absolute Gasteiger partial charge is 0.490 e. The minimum atomic E-state index is -1.43. The zero-order valence-electron chi connectivity index (χ0n) is 40.9. The molecule has 0 spiro atoms. The van der Waals surface area contributed by atoms with E-state index in [1.807, 2.05) is 13.8 Å². The van der Waals surface area contributed by atoms with E-state index in [4.69, 9.17) is 66.3 Å². The second-order valence-corrected chi connectivity index (χ2v) is 21.4. The number of nitrogens with zero attached hydrogens (tertiary/aromatic N) is 6. The maximum absolute atomic E-state index is 15.9. The average molecular weight is 1050 g/mol. The second-order valence-electron chi connectivity index (χ2n) is 19.6. The van der Waals surface area contributed by atoms with E-state index >= 15 is 4.39 Å². The average Bonchev–Trinajstić information content (AvgIpc) is 4.06. The molecule has 11 rings (SSSR count). The van der Waals surface area contributed by atoms with Crippen LogP contribution in [0.3, 0.4) is 0 Å². The fraction of sp³-hybridized carbons (Fsp3) is 0.528. The summed E-state index contributed by atoms with van der Waals surface area (Å²) in [6.45, 7) is 10.0. The number of carboxylic acid groups (broad SMARTS) is 1. The fourth-order valence-electron chi connectivity index (χ4n) is 10.4. The van der Waals surface area contributed by atoms with E-state index in [1.54, 1.807) is 30.5 Å². The van der Waals surface area contributed by atoms with Gasteiger partial charge in [0.15, 0.2) is 5.75 Å². The zero-order valence-corrected chi connectivity index (χ0v) is 43.3. The Kier molecular flexibility index (Phi) is 15.8. The Bertz CT molecular complexity index is 2770. The van der Waals surface area contributed by atoms with Gasteiger partial charge in [-0.25, -0.2) is 29.1 Å². The summed E-state index contributed by atoms with van der Waals surface area (Å²) in [5.74, 6) is 0.810. The Balaban J connectivity index is 0.954. The third-order valence-electron chi connectivity index (χ3n) is 14.5. The second kappa shape index (κ2) is 22.4. The molecular weight excluding hydrogens is 987 g/mol. The number of aliphatic carboxylic acids is 1. The quantitative estimate of drug-likeness (QED) is 0.126. The highest BCUT2D eigenvalue weighted by Crippen LogP contribution is 2.53. The van der Waals surface area contributed by atoms with Crippen LogP contribution >= 0.6 is 34.5 Å². The molecule has 1 unspecified atom stereocenters. The number of carboxylic acids is 1. The maximum atomic E-state index is 15.9. The summed E-state index contributed by atoms with van der Waals surface area (Å²) in [7, 11) is 2.12. The lowest BCUT2D eigenvalue weighted by Crippen LogP contribution is -2.49. The monoisotopic (exact) mass is 1050 g/mol. The minimum Gasteiger partial charge on any atom is -0.490 e. The number of rotatable bonds is 12. The number of benzene rings is 2. The van der Waals surface area contributed by atoms with Crippen LogP contribution in [0.1, 0.15) is 83.9 Å². The Labute approximate surface area is 432 Å². The van der Waals surface area contributed by atoms with E-state index in [-0.39, 0.29) is 44.1 Å². The molecule has 3 aromatic heterocycles. The van der Waals surface area contributed by atoms with Crippen molar-refractivity contribution < 1.29 is 47.4 Å². The van der Waals surface area contributed by atoms with Crippen LogP contribution in [-0.4, -0.2) is 144 Å². The molecule has 7 heterocycles. The molecule has 15 nitrogen and oxygen atoms in total. The van der Waals surface area contributed by atoms with E-state index in [0.29, 0.717) is 113 Å². The topological polar surface area (TPSA) is 160 Å². The van der Waals surface area contributed by atoms with Gasteiger partial charge in [-0.15, -0.1) is 11.3 Å². The number of hydrogen-bond donors (Lipinski definition) is 1. The molecule has 6 aliphatic rings. The van der Waals surface area contributed by atoms with Gasteiger partial charge in [0.25, 0.3) is 0 Å². The highest BCUT2D eigenvalue weighted by molar-refractivity contribution is 7.20. The van der Waals surface area contributed by atoms with Gasteiger partial charge in [-0.1, -0.05) is 29.3 Å². The first-order chi connectivity index (χ1) is 34.9. The molecule has 384 valence electrons. The number of likely N-dealkylation sites (N-methyl/N-ethyl adjacent to an activating group) is 1. The smallest absolute Gasteiger partial charge is 0.345 e. The van der Waals surface area contributed by atoms with Gasteiger partial charge in [0.2, 0.25) is 12.0 Å². The summed E-state index contributed by atoms with van der Waals surface area (Å²) in [6, 6.07) is 7.14. The normalized spacial score (nSPS) is 24.3. The van der Waals surface area contributed by atoms with E-state index < -0.39 is 23.8 Å². The first kappa shape index (κ1) is 50.8. The molecule has 3 fully saturated rings. The van der Waals surface area contributed by atoms with Crippen LogP contribution in [0, 0.1) is 13.8 Å². The van der Waals surface area contributed by atoms with Crippen molar-refractivity contribution in [2.45, 2.75) is 102 Å². The van der Waals surface area contributed by atoms with Gasteiger partial charge in [-0.2, -0.15) is 0 Å². The van der Waals surface area contributed by atoms with Crippen molar-refractivity contribution in [3.05, 3.63) is 86.0 Å². The fourth-order valence-corrected chi connectivity index (χ4v) is 12.1. The Morgan fingerprint density at radius 2 is 1.79 bits per heavy atom. The molecule has 1 N–H and O–H groups in total. The van der Waals surface area contributed by atoms with Gasteiger partial charge in [-0.05, 0) is 112 Å². The molecule has 2 saturated heterocycles. The molecule has 0 amide bonds. The predicted octanol–water partition coefficient (Wildman–Crippen LogP) is 9.48. The number of fused-ring (bicyclic) bond motifs is 7. The molecule has 1 saturated carbocycles. The lowest BCUT2D eigenvalue weighted by atomic mass is 9.80. The summed E-state index contributed by atoms with van der Waals surface area (Å²) >= 11 is 16.3. The van der Waals surface area contributed by atoms with Crippen molar-refractivity contribution in [1.29, 1.82) is 0 Å². The van der Waals surface area contributed by atoms with Crippen molar-refractivity contribution in [2.75, 3.05) is 79.4 Å². The van der Waals surface area contributed by atoms with Crippen molar-refractivity contribution in [3.63, 3.8) is 0 Å². The van der Waals surface area contributed by atoms with Gasteiger partial charge in [0, 0.05) is 67.3 Å². The van der Waals surface area contributed by atoms with E-state index in [9.17, 15) is 9.90 Å². The van der Waals surface area contributed by atoms with E-state index in [0.717, 1.165) is 72.6 Å². The van der Waals surface area contributed by atoms with Crippen LogP contribution < -0.4 is 18.9 Å². The van der Waals surface area contributed by atoms with Gasteiger partial charge in [0.05, 0.1) is 54.2 Å². The Hall–Kier alpha value is -4.72. The summed E-state index contributed by atoms with van der Waals surface area (Å²) in [5, 5.41) is 12.3. The highest BCUT2D eigenvalue weighted by Gasteiger charge is 2.38. The van der Waals surface area contributed by atoms with Gasteiger partial charge in [-0.3, -0.25) is 4.90 Å². The van der Waals surface area contributed by atoms with Crippen molar-refractivity contribution in [3.8, 4) is 34.3 Å². The van der Waals surface area contributed by atoms with Crippen LogP contribution in [0.4, 0.5) is 4.39 Å². The Morgan fingerprint density at radius 3 is 2.53 bits per heavy atom. The van der Waals surface area contributed by atoms with Crippen LogP contribution in [0.15, 0.2) is 42.9 Å². The summed E-state index contributed by atoms with van der Waals surface area (Å²) in [4.78, 5) is 38.5. The lowest BCUT2D eigenvalue weighted by molar-refractivity contribution is -0.145. The highest BCUT2D eigenvalue weighted by atomic mass is 35.5. The van der Waals surface area contributed by atoms with Gasteiger partial charge >= 0.3 is 5.97 Å². The number of aromatic nitrogens is 4. The van der Waals surface area contributed by atoms with Crippen LogP contribution in [0.2, 0.25) is 10.0 Å². The number of ether oxygens (including phenoxy) is 7. The molecule has 0 radical (unpaired) electrons. The molecule has 5 aromatic rings. The van der Waals surface area contributed by atoms with Crippen molar-refractivity contribution in [1.82, 2.24) is 29.7 Å². The molecule has 19 heteroatoms. The number of hydrogen-bond acceptors (Lipinski definition) is 15. The van der Waals surface area contributed by atoms with Crippen molar-refractivity contribution in [2.24, 2.45) is 0 Å². The molecule has 2 aliphatic carbocycles. The molecule has 72 heavy (non-hydrogen) atoms. The van der Waals surface area contributed by atoms with Crippen LogP contribution in [0.25, 0.3) is 26.9 Å². The molecular formula is C53H61Cl2FN6O9S. The van der Waals surface area contributed by atoms with Crippen LogP contribution in [-0.2, 0) is 32.0 Å². The number of carbonyl (C=O) groups is 1. The first-order valence-electron chi connectivity index (χ1n) is 25.0. The van der Waals surface area contributed by atoms with Crippen LogP contribution in [0.5, 0.6) is 23.1 Å². The molecule has 3 atom stereocenters. The van der Waals surface area contributed by atoms with E-state index in [1.165, 1.54) is 23.2 Å². The molecule has 2 aromatic carbocycles. The predicted molar refractivity (Wildman–Crippen MR) is 273 cm³/mol. The number of piperazine rings is 1. The number of halogens is 3. The van der Waals surface area contributed by atoms with Gasteiger partial charge < -0.3 is 43.2 Å². The van der Waals surface area contributed by atoms with E-state index in [2.05, 4.69) is 32.9 Å². The first-order valence-corrected chi connectivity index (χ1v) is 26.6. The third-order valence-corrected chi connectivity index (χ3v) is 16.6. The minimum absolute atomic E-state index is 0.00812. The standard InChI is InChI=1S/C53H61Cl2FN6O9S/c1-31-42-32(2)46(55)47(45(31)54)70-38(24-62-18-16-61(3)17-19-62)28-68-37-8-9-40(35(22-37)23-41(52(63)64)71-50-44-43(42)48(33-6-4-5-7-33)72-51(44)59-30-58-50)69-25-36-12-15-57-49(60-36)34-10-13-53(56,14-11-34)29-66-27-39-26-65-20-21-67-39/h6,8-9,12,15,22,30,34,38-39,41H,4-5,7,10-11,13-14,16-21,23-29H2,1-3H3,(H,63,64)/t34?,38?,39-,41+,53?/m0/s1. The Morgan fingerprint density at radius 1 is 0.986 bits per heavy atom. The SMILES string of the molecule is Cc1c(Cl)c2c(Cl)c(C)c1-c1c(C3=CCCC3)sc3ncnc(c13)O[C@@H](C(=O)O)Cc1cc(ccc1OCc1ccnc(C3CCC(F)(COC[C@@H]4COCCO4)CC3)n1)OCC(CN1CCN(C)CC1)O2. The number of allylic oxidation sites excluding steroid dienone is 2. The van der Waals surface area contributed by atoms with Crippen molar-refractivity contribution >= 4 is 56.3 Å². The zero-order chi connectivity index (χ0) is 49.9.